The van der Waals surface area contributed by atoms with Gasteiger partial charge in [0.05, 0.1) is 0 Å². The fourth-order valence-corrected chi connectivity index (χ4v) is 5.73. The van der Waals surface area contributed by atoms with Crippen molar-refractivity contribution in [2.45, 2.75) is 43.7 Å². The molecule has 0 saturated heterocycles. The summed E-state index contributed by atoms with van der Waals surface area (Å²) in [6.45, 7) is 9.48. The molecule has 0 aliphatic heterocycles. The Balaban J connectivity index is 2.66. The molecule has 0 fully saturated rings. The minimum absolute atomic E-state index is 0.281. The summed E-state index contributed by atoms with van der Waals surface area (Å²) in [5, 5.41) is 0. The van der Waals surface area contributed by atoms with Gasteiger partial charge in [0.25, 0.3) is 0 Å². The molecule has 0 spiro atoms. The summed E-state index contributed by atoms with van der Waals surface area (Å²) in [5.74, 6) is 0. The van der Waals surface area contributed by atoms with Crippen LogP contribution in [-0.4, -0.2) is 0 Å². The average Bonchev–Trinajstić information content (AvgIpc) is 2.37. The zero-order valence-electron chi connectivity index (χ0n) is 8.47. The molecule has 0 heterocycles. The molecule has 1 aliphatic carbocycles. The molecule has 0 unspecified atom stereocenters. The Morgan fingerprint density at radius 1 is 1.17 bits per heavy atom. The van der Waals surface area contributed by atoms with Crippen LogP contribution in [0.1, 0.15) is 34.1 Å². The Labute approximate surface area is 80.6 Å². The quantitative estimate of drug-likeness (QED) is 0.610. The number of allylic oxidation sites excluding steroid dienone is 4. The van der Waals surface area contributed by atoms with E-state index in [0.29, 0.717) is 0 Å². The third-order valence-corrected chi connectivity index (χ3v) is 6.20. The van der Waals surface area contributed by atoms with E-state index in [2.05, 4.69) is 45.9 Å². The van der Waals surface area contributed by atoms with E-state index in [-0.39, 0.29) is 13.9 Å². The topological polar surface area (TPSA) is 0 Å². The fraction of sp³-hybridized carbons (Fsp3) is 0.636. The van der Waals surface area contributed by atoms with E-state index in [9.17, 15) is 0 Å². The van der Waals surface area contributed by atoms with Crippen molar-refractivity contribution in [2.75, 3.05) is 0 Å². The van der Waals surface area contributed by atoms with Crippen molar-refractivity contribution in [1.29, 1.82) is 0 Å². The van der Waals surface area contributed by atoms with Crippen LogP contribution in [0.5, 0.6) is 0 Å². The van der Waals surface area contributed by atoms with Gasteiger partial charge in [0.15, 0.2) is 0 Å². The van der Waals surface area contributed by atoms with Gasteiger partial charge in [0.1, 0.15) is 0 Å². The van der Waals surface area contributed by atoms with E-state index >= 15 is 0 Å². The Morgan fingerprint density at radius 3 is 2.08 bits per heavy atom. The van der Waals surface area contributed by atoms with Gasteiger partial charge in [0, 0.05) is 0 Å². The van der Waals surface area contributed by atoms with Gasteiger partial charge in [-0.15, -0.1) is 0 Å². The normalized spacial score (nSPS) is 17.5. The maximum atomic E-state index is 2.37. The molecular formula is C11H19Mn. The Kier molecular flexibility index (Phi) is 3.61. The van der Waals surface area contributed by atoms with Crippen LogP contribution in [-0.2, 0) is 13.9 Å². The summed E-state index contributed by atoms with van der Waals surface area (Å²) in [6, 6.07) is 0. The van der Waals surface area contributed by atoms with Crippen molar-refractivity contribution >= 4 is 0 Å². The van der Waals surface area contributed by atoms with Crippen molar-refractivity contribution in [1.82, 2.24) is 0 Å². The fourth-order valence-electron chi connectivity index (χ4n) is 1.65. The van der Waals surface area contributed by atoms with Crippen molar-refractivity contribution in [3.05, 3.63) is 22.7 Å². The summed E-state index contributed by atoms with van der Waals surface area (Å²) in [7, 11) is 0. The van der Waals surface area contributed by atoms with E-state index in [1.807, 2.05) is 0 Å². The monoisotopic (exact) mass is 206 g/mol. The van der Waals surface area contributed by atoms with Crippen LogP contribution in [0.4, 0.5) is 0 Å². The van der Waals surface area contributed by atoms with Gasteiger partial charge in [-0.2, -0.15) is 0 Å². The Bertz CT molecular complexity index is 191. The van der Waals surface area contributed by atoms with Crippen LogP contribution < -0.4 is 0 Å². The molecule has 12 heavy (non-hydrogen) atoms. The zero-order valence-corrected chi connectivity index (χ0v) is 9.65. The molecule has 1 heteroatoms. The first-order valence-electron chi connectivity index (χ1n) is 4.65. The minimum atomic E-state index is -0.281. The maximum absolute atomic E-state index is 2.37. The Hall–Kier alpha value is -0.000519. The summed E-state index contributed by atoms with van der Waals surface area (Å²) in [5.41, 5.74) is 0. The average molecular weight is 206 g/mol. The second kappa shape index (κ2) is 4.30. The molecule has 0 aromatic heterocycles. The second-order valence-corrected chi connectivity index (χ2v) is 8.18. The molecule has 70 valence electrons. The van der Waals surface area contributed by atoms with E-state index in [1.165, 1.54) is 6.42 Å². The van der Waals surface area contributed by atoms with Crippen molar-refractivity contribution < 1.29 is 13.9 Å². The zero-order chi connectivity index (χ0) is 9.14. The van der Waals surface area contributed by atoms with Gasteiger partial charge in [-0.25, -0.2) is 0 Å². The molecule has 1 rings (SSSR count). The van der Waals surface area contributed by atoms with E-state index in [1.54, 1.807) is 4.47 Å². The summed E-state index contributed by atoms with van der Waals surface area (Å²) in [4.78, 5) is 1.76. The van der Waals surface area contributed by atoms with Crippen LogP contribution in [0.15, 0.2) is 22.7 Å². The first-order chi connectivity index (χ1) is 5.63. The summed E-state index contributed by atoms with van der Waals surface area (Å²) < 4.78 is 1.73. The molecule has 0 saturated carbocycles. The van der Waals surface area contributed by atoms with E-state index in [0.717, 1.165) is 9.63 Å². The van der Waals surface area contributed by atoms with Crippen LogP contribution >= 0.6 is 0 Å². The predicted octanol–water partition coefficient (Wildman–Crippen LogP) is 4.11. The molecule has 1 aliphatic rings. The van der Waals surface area contributed by atoms with Gasteiger partial charge in [-0.1, -0.05) is 0 Å². The number of hydrogen-bond acceptors (Lipinski definition) is 0. The Morgan fingerprint density at radius 2 is 1.75 bits per heavy atom. The van der Waals surface area contributed by atoms with Crippen LogP contribution in [0, 0.1) is 0 Å². The molecule has 0 aromatic rings. The van der Waals surface area contributed by atoms with Crippen molar-refractivity contribution in [2.24, 2.45) is 0 Å². The van der Waals surface area contributed by atoms with E-state index < -0.39 is 0 Å². The molecule has 0 bridgehead atoms. The SMILES string of the molecule is C[CH](C)[Mn]([C]1=CC=CC1)[CH](C)C. The van der Waals surface area contributed by atoms with Gasteiger partial charge < -0.3 is 0 Å². The van der Waals surface area contributed by atoms with Gasteiger partial charge >= 0.3 is 80.3 Å². The van der Waals surface area contributed by atoms with Crippen LogP contribution in [0.3, 0.4) is 0 Å². The molecule has 0 atom stereocenters. The first-order valence-corrected chi connectivity index (χ1v) is 6.61. The molecule has 0 N–H and O–H groups in total. The first kappa shape index (κ1) is 10.1. The van der Waals surface area contributed by atoms with Gasteiger partial charge in [-0.05, 0) is 0 Å². The van der Waals surface area contributed by atoms with Crippen LogP contribution in [0.2, 0.25) is 9.63 Å². The van der Waals surface area contributed by atoms with E-state index in [4.69, 9.17) is 0 Å². The van der Waals surface area contributed by atoms with Crippen molar-refractivity contribution in [3.8, 4) is 0 Å². The third kappa shape index (κ3) is 2.24. The summed E-state index contributed by atoms with van der Waals surface area (Å²) >= 11 is -0.281. The van der Waals surface area contributed by atoms with Crippen LogP contribution in [0.25, 0.3) is 0 Å². The van der Waals surface area contributed by atoms with Gasteiger partial charge in [0.2, 0.25) is 0 Å². The third-order valence-electron chi connectivity index (χ3n) is 1.95. The molecule has 0 nitrogen and oxygen atoms in total. The molecule has 0 aromatic carbocycles. The molecular weight excluding hydrogens is 187 g/mol. The summed E-state index contributed by atoms with van der Waals surface area (Å²) in [6.07, 6.45) is 8.07. The van der Waals surface area contributed by atoms with Gasteiger partial charge in [-0.3, -0.25) is 0 Å². The number of hydrogen-bond donors (Lipinski definition) is 0. The second-order valence-electron chi connectivity index (χ2n) is 3.62. The van der Waals surface area contributed by atoms with Crippen molar-refractivity contribution in [3.63, 3.8) is 0 Å². The number of rotatable bonds is 3. The standard InChI is InChI=1S/C5H5.2C3H7.Mn/c1-2-4-5-3-1;2*1-3-2;/h1-3H,4H2;2*3H,1-2H3;. The predicted molar refractivity (Wildman–Crippen MR) is 52.0 cm³/mol. The molecule has 0 amide bonds. The molecule has 0 radical (unpaired) electrons.